The van der Waals surface area contributed by atoms with Crippen LogP contribution in [0.1, 0.15) is 6.42 Å². The van der Waals surface area contributed by atoms with E-state index in [0.29, 0.717) is 10.7 Å². The fourth-order valence-electron chi connectivity index (χ4n) is 2.06. The Balaban J connectivity index is 2.20. The molecular weight excluding hydrogens is 355 g/mol. The molecule has 0 radical (unpaired) electrons. The number of carbonyl (C=O) groups is 3. The van der Waals surface area contributed by atoms with Crippen molar-refractivity contribution in [1.29, 1.82) is 0 Å². The van der Waals surface area contributed by atoms with Crippen LogP contribution in [0, 0.1) is 5.92 Å². The van der Waals surface area contributed by atoms with Gasteiger partial charge in [0, 0.05) is 11.6 Å². The second-order valence-corrected chi connectivity index (χ2v) is 5.75. The summed E-state index contributed by atoms with van der Waals surface area (Å²) >= 11 is 11.9. The number of hydrazone groups is 1. The van der Waals surface area contributed by atoms with Crippen LogP contribution in [0.2, 0.25) is 10.0 Å². The van der Waals surface area contributed by atoms with Gasteiger partial charge < -0.3 is 11.1 Å². The van der Waals surface area contributed by atoms with Gasteiger partial charge in [-0.05, 0) is 24.3 Å². The lowest BCUT2D eigenvalue weighted by atomic mass is 10.0. The summed E-state index contributed by atoms with van der Waals surface area (Å²) in [5.74, 6) is -2.53. The van der Waals surface area contributed by atoms with Crippen molar-refractivity contribution in [1.82, 2.24) is 5.32 Å². The molecule has 24 heavy (non-hydrogen) atoms. The second kappa shape index (κ2) is 7.57. The number of hydrogen-bond acceptors (Lipinski definition) is 5. The van der Waals surface area contributed by atoms with Gasteiger partial charge in [-0.2, -0.15) is 10.1 Å². The van der Waals surface area contributed by atoms with E-state index in [2.05, 4.69) is 17.0 Å². The number of benzene rings is 1. The molecule has 0 spiro atoms. The van der Waals surface area contributed by atoms with E-state index < -0.39 is 23.5 Å². The predicted molar refractivity (Wildman–Crippen MR) is 91.9 cm³/mol. The first kappa shape index (κ1) is 18.1. The normalized spacial score (nSPS) is 15.0. The molecule has 3 N–H and O–H groups in total. The largest absolute Gasteiger partial charge is 0.329 e. The highest BCUT2D eigenvalue weighted by Crippen LogP contribution is 2.31. The molecule has 0 fully saturated rings. The third-order valence-electron chi connectivity index (χ3n) is 3.28. The molecule has 2 amide bonds. The molecule has 126 valence electrons. The number of nitrogens with one attached hydrogen (secondary N) is 1. The summed E-state index contributed by atoms with van der Waals surface area (Å²) < 4.78 is 0. The molecule has 1 aromatic rings. The van der Waals surface area contributed by atoms with E-state index in [1.54, 1.807) is 6.07 Å². The number of rotatable bonds is 5. The first-order valence-corrected chi connectivity index (χ1v) is 7.65. The number of ketones is 1. The number of carbonyl (C=O) groups excluding carboxylic acids is 3. The summed E-state index contributed by atoms with van der Waals surface area (Å²) in [7, 11) is 0. The summed E-state index contributed by atoms with van der Waals surface area (Å²) in [5, 5.41) is 8.18. The zero-order valence-electron chi connectivity index (χ0n) is 12.5. The van der Waals surface area contributed by atoms with Gasteiger partial charge in [0.05, 0.1) is 17.1 Å². The van der Waals surface area contributed by atoms with Crippen LogP contribution in [0.15, 0.2) is 36.0 Å². The smallest absolute Gasteiger partial charge is 0.255 e. The number of halogens is 2. The Morgan fingerprint density at radius 3 is 2.79 bits per heavy atom. The maximum atomic E-state index is 12.1. The molecule has 1 heterocycles. The highest BCUT2D eigenvalue weighted by molar-refractivity contribution is 6.36. The predicted octanol–water partition coefficient (Wildman–Crippen LogP) is 1.49. The first-order valence-electron chi connectivity index (χ1n) is 6.90. The fourth-order valence-corrected chi connectivity index (χ4v) is 2.42. The molecule has 7 nitrogen and oxygen atoms in total. The Hall–Kier alpha value is -2.22. The lowest BCUT2D eigenvalue weighted by Crippen LogP contribution is -2.41. The number of amides is 2. The number of hydrogen-bond donors (Lipinski definition) is 2. The molecule has 1 unspecified atom stereocenters. The zero-order chi connectivity index (χ0) is 17.9. The van der Waals surface area contributed by atoms with Crippen LogP contribution in [0.25, 0.3) is 0 Å². The summed E-state index contributed by atoms with van der Waals surface area (Å²) in [6, 6.07) is 4.60. The van der Waals surface area contributed by atoms with Crippen molar-refractivity contribution in [2.45, 2.75) is 6.42 Å². The first-order chi connectivity index (χ1) is 11.4. The Morgan fingerprint density at radius 2 is 2.17 bits per heavy atom. The molecule has 9 heteroatoms. The zero-order valence-corrected chi connectivity index (χ0v) is 14.0. The Labute approximate surface area is 148 Å². The van der Waals surface area contributed by atoms with Crippen LogP contribution in [-0.4, -0.2) is 30.0 Å². The van der Waals surface area contributed by atoms with Gasteiger partial charge >= 0.3 is 0 Å². The summed E-state index contributed by atoms with van der Waals surface area (Å²) in [4.78, 5) is 35.8. The van der Waals surface area contributed by atoms with Gasteiger partial charge in [0.2, 0.25) is 5.91 Å². The van der Waals surface area contributed by atoms with E-state index in [1.165, 1.54) is 12.1 Å². The van der Waals surface area contributed by atoms with E-state index in [-0.39, 0.29) is 23.8 Å². The van der Waals surface area contributed by atoms with Gasteiger partial charge in [0.25, 0.3) is 5.91 Å². The van der Waals surface area contributed by atoms with Crippen molar-refractivity contribution in [3.05, 3.63) is 40.9 Å². The molecule has 0 aliphatic carbocycles. The summed E-state index contributed by atoms with van der Waals surface area (Å²) in [6.07, 6.45) is 0.880. The van der Waals surface area contributed by atoms with Crippen LogP contribution in [-0.2, 0) is 14.4 Å². The third-order valence-corrected chi connectivity index (χ3v) is 3.83. The summed E-state index contributed by atoms with van der Waals surface area (Å²) in [5.41, 5.74) is 5.73. The van der Waals surface area contributed by atoms with Crippen LogP contribution in [0.5, 0.6) is 0 Å². The number of anilines is 1. The molecule has 1 aromatic carbocycles. The van der Waals surface area contributed by atoms with Crippen LogP contribution in [0.3, 0.4) is 0 Å². The van der Waals surface area contributed by atoms with Gasteiger partial charge in [0.1, 0.15) is 11.8 Å². The van der Waals surface area contributed by atoms with Crippen LogP contribution < -0.4 is 16.1 Å². The average Bonchev–Trinajstić information content (AvgIpc) is 2.90. The van der Waals surface area contributed by atoms with E-state index in [0.717, 1.165) is 11.1 Å². The monoisotopic (exact) mass is 368 g/mol. The second-order valence-electron chi connectivity index (χ2n) is 4.91. The fraction of sp³-hybridized carbons (Fsp3) is 0.200. The van der Waals surface area contributed by atoms with Crippen molar-refractivity contribution in [2.75, 3.05) is 11.6 Å². The minimum Gasteiger partial charge on any atom is -0.329 e. The van der Waals surface area contributed by atoms with Crippen molar-refractivity contribution < 1.29 is 14.4 Å². The van der Waals surface area contributed by atoms with Crippen molar-refractivity contribution in [3.63, 3.8) is 0 Å². The Kier molecular flexibility index (Phi) is 5.71. The van der Waals surface area contributed by atoms with E-state index in [4.69, 9.17) is 28.9 Å². The Morgan fingerprint density at radius 1 is 1.46 bits per heavy atom. The maximum Gasteiger partial charge on any atom is 0.255 e. The van der Waals surface area contributed by atoms with Crippen molar-refractivity contribution >= 4 is 52.3 Å². The lowest BCUT2D eigenvalue weighted by molar-refractivity contribution is -0.130. The number of allylic oxidation sites excluding steroid dienone is 1. The Bertz CT molecular complexity index is 748. The SMILES string of the molecule is C=CC(=O)C(CN)C(=O)NC1=NN(c2cc(Cl)ccc2Cl)C(=O)C1. The highest BCUT2D eigenvalue weighted by atomic mass is 35.5. The molecule has 1 atom stereocenters. The van der Waals surface area contributed by atoms with Crippen LogP contribution in [0.4, 0.5) is 5.69 Å². The quantitative estimate of drug-likeness (QED) is 0.606. The van der Waals surface area contributed by atoms with E-state index in [1.807, 2.05) is 0 Å². The van der Waals surface area contributed by atoms with Gasteiger partial charge in [-0.15, -0.1) is 0 Å². The highest BCUT2D eigenvalue weighted by Gasteiger charge is 2.30. The van der Waals surface area contributed by atoms with Crippen molar-refractivity contribution in [3.8, 4) is 0 Å². The number of amidine groups is 1. The molecule has 0 aromatic heterocycles. The van der Waals surface area contributed by atoms with Gasteiger partial charge in [-0.25, -0.2) is 0 Å². The van der Waals surface area contributed by atoms with E-state index in [9.17, 15) is 14.4 Å². The average molecular weight is 369 g/mol. The van der Waals surface area contributed by atoms with Crippen LogP contribution >= 0.6 is 23.2 Å². The summed E-state index contributed by atoms with van der Waals surface area (Å²) in [6.45, 7) is 3.14. The van der Waals surface area contributed by atoms with Crippen molar-refractivity contribution in [2.24, 2.45) is 16.8 Å². The molecule has 0 saturated carbocycles. The molecule has 0 saturated heterocycles. The molecule has 1 aliphatic heterocycles. The van der Waals surface area contributed by atoms with Gasteiger partial charge in [-0.3, -0.25) is 14.4 Å². The lowest BCUT2D eigenvalue weighted by Gasteiger charge is -2.13. The molecular formula is C15H14Cl2N4O3. The molecule has 2 rings (SSSR count). The molecule has 0 bridgehead atoms. The molecule has 1 aliphatic rings. The minimum absolute atomic E-state index is 0.0938. The third kappa shape index (κ3) is 3.81. The van der Waals surface area contributed by atoms with E-state index >= 15 is 0 Å². The standard InChI is InChI=1S/C15H14Cl2N4O3/c1-2-12(22)9(7-18)15(24)19-13-6-14(23)21(20-13)11-5-8(16)3-4-10(11)17/h2-5,9H,1,6-7,18H2,(H,19,20,24). The minimum atomic E-state index is -1.08. The van der Waals surface area contributed by atoms with Gasteiger partial charge in [0.15, 0.2) is 5.78 Å². The number of nitrogens with two attached hydrogens (primary N) is 1. The topological polar surface area (TPSA) is 105 Å². The maximum absolute atomic E-state index is 12.1. The number of nitrogens with zero attached hydrogens (tertiary/aromatic N) is 2. The van der Waals surface area contributed by atoms with Gasteiger partial charge in [-0.1, -0.05) is 29.8 Å².